The molecule has 3 rings (SSSR count). The number of aromatic nitrogens is 2. The molecule has 0 spiro atoms. The van der Waals surface area contributed by atoms with Crippen molar-refractivity contribution in [3.63, 3.8) is 0 Å². The summed E-state index contributed by atoms with van der Waals surface area (Å²) in [6.07, 6.45) is 6.35. The van der Waals surface area contributed by atoms with Gasteiger partial charge in [0.1, 0.15) is 5.82 Å². The Labute approximate surface area is 131 Å². The minimum Gasteiger partial charge on any atom is -0.376 e. The van der Waals surface area contributed by atoms with Crippen LogP contribution in [0, 0.1) is 6.92 Å². The number of rotatable bonds is 6. The molecule has 0 radical (unpaired) electrons. The van der Waals surface area contributed by atoms with Gasteiger partial charge in [-0.1, -0.05) is 25.0 Å². The number of fused-ring (bicyclic) bond motifs is 1. The molecule has 0 aliphatic heterocycles. The molecule has 0 N–H and O–H groups in total. The van der Waals surface area contributed by atoms with Crippen LogP contribution in [0.25, 0.3) is 11.0 Å². The van der Waals surface area contributed by atoms with Gasteiger partial charge in [0, 0.05) is 18.8 Å². The van der Waals surface area contributed by atoms with Gasteiger partial charge in [0.25, 0.3) is 0 Å². The molecule has 0 unspecified atom stereocenters. The fourth-order valence-electron chi connectivity index (χ4n) is 3.23. The lowest BCUT2D eigenvalue weighted by atomic mass is 10.2. The van der Waals surface area contributed by atoms with E-state index in [1.54, 1.807) is 0 Å². The van der Waals surface area contributed by atoms with Crippen LogP contribution in [-0.2, 0) is 17.7 Å². The summed E-state index contributed by atoms with van der Waals surface area (Å²) in [5.41, 5.74) is 3.52. The highest BCUT2D eigenvalue weighted by atomic mass is 35.5. The molecule has 1 fully saturated rings. The zero-order valence-corrected chi connectivity index (χ0v) is 13.4. The number of benzene rings is 1. The summed E-state index contributed by atoms with van der Waals surface area (Å²) in [5, 5.41) is 0. The highest BCUT2D eigenvalue weighted by Crippen LogP contribution is 2.22. The normalized spacial score (nSPS) is 16.1. The number of nitrogens with zero attached hydrogens (tertiary/aromatic N) is 2. The molecule has 0 amide bonds. The van der Waals surface area contributed by atoms with E-state index in [2.05, 4.69) is 29.7 Å². The Morgan fingerprint density at radius 3 is 2.90 bits per heavy atom. The zero-order valence-electron chi connectivity index (χ0n) is 12.6. The molecular weight excluding hydrogens is 284 g/mol. The largest absolute Gasteiger partial charge is 0.376 e. The van der Waals surface area contributed by atoms with E-state index >= 15 is 0 Å². The number of hydrogen-bond donors (Lipinski definition) is 0. The Morgan fingerprint density at radius 2 is 2.14 bits per heavy atom. The van der Waals surface area contributed by atoms with Gasteiger partial charge in [-0.3, -0.25) is 0 Å². The maximum atomic E-state index is 6.01. The van der Waals surface area contributed by atoms with Crippen LogP contribution in [0.15, 0.2) is 18.2 Å². The van der Waals surface area contributed by atoms with Crippen molar-refractivity contribution in [1.29, 1.82) is 0 Å². The smallest absolute Gasteiger partial charge is 0.111 e. The van der Waals surface area contributed by atoms with Gasteiger partial charge in [0.05, 0.1) is 23.7 Å². The van der Waals surface area contributed by atoms with Crippen molar-refractivity contribution in [2.45, 2.75) is 51.7 Å². The summed E-state index contributed by atoms with van der Waals surface area (Å²) < 4.78 is 8.28. The van der Waals surface area contributed by atoms with Crippen LogP contribution in [0.2, 0.25) is 0 Å². The predicted molar refractivity (Wildman–Crippen MR) is 87.1 cm³/mol. The van der Waals surface area contributed by atoms with Crippen molar-refractivity contribution >= 4 is 22.6 Å². The van der Waals surface area contributed by atoms with Crippen molar-refractivity contribution in [2.24, 2.45) is 0 Å². The van der Waals surface area contributed by atoms with E-state index in [1.165, 1.54) is 36.8 Å². The third-order valence-corrected chi connectivity index (χ3v) is 4.54. The average molecular weight is 307 g/mol. The molecular formula is C17H23ClN2O. The topological polar surface area (TPSA) is 27.1 Å². The lowest BCUT2D eigenvalue weighted by Crippen LogP contribution is -2.15. The van der Waals surface area contributed by atoms with Crippen LogP contribution >= 0.6 is 11.6 Å². The SMILES string of the molecule is Cc1cccc2c1nc(CCCl)n2CCOC1CCCC1. The molecule has 0 saturated heterocycles. The number of halogens is 1. The molecule has 1 aromatic carbocycles. The van der Waals surface area contributed by atoms with Crippen molar-refractivity contribution in [3.8, 4) is 0 Å². The lowest BCUT2D eigenvalue weighted by Gasteiger charge is -2.13. The molecule has 21 heavy (non-hydrogen) atoms. The fourth-order valence-corrected chi connectivity index (χ4v) is 3.39. The van der Waals surface area contributed by atoms with Gasteiger partial charge in [0.2, 0.25) is 0 Å². The van der Waals surface area contributed by atoms with Crippen LogP contribution in [0.1, 0.15) is 37.1 Å². The van der Waals surface area contributed by atoms with Gasteiger partial charge in [-0.2, -0.15) is 0 Å². The summed E-state index contributed by atoms with van der Waals surface area (Å²) in [4.78, 5) is 4.78. The highest BCUT2D eigenvalue weighted by Gasteiger charge is 2.16. The molecule has 1 aliphatic rings. The lowest BCUT2D eigenvalue weighted by molar-refractivity contribution is 0.0531. The first kappa shape index (κ1) is 14.9. The molecule has 1 heterocycles. The first-order valence-corrected chi connectivity index (χ1v) is 8.45. The summed E-state index contributed by atoms with van der Waals surface area (Å²) in [6.45, 7) is 3.74. The van der Waals surface area contributed by atoms with Crippen molar-refractivity contribution in [1.82, 2.24) is 9.55 Å². The van der Waals surface area contributed by atoms with Crippen LogP contribution < -0.4 is 0 Å². The molecule has 2 aromatic rings. The number of alkyl halides is 1. The summed E-state index contributed by atoms with van der Waals surface area (Å²) >= 11 is 5.93. The van der Waals surface area contributed by atoms with Crippen molar-refractivity contribution in [2.75, 3.05) is 12.5 Å². The fraction of sp³-hybridized carbons (Fsp3) is 0.588. The summed E-state index contributed by atoms with van der Waals surface area (Å²) in [5.74, 6) is 1.68. The van der Waals surface area contributed by atoms with E-state index in [4.69, 9.17) is 21.3 Å². The van der Waals surface area contributed by atoms with Gasteiger partial charge in [-0.15, -0.1) is 11.6 Å². The Hall–Kier alpha value is -1.06. The molecule has 114 valence electrons. The average Bonchev–Trinajstić information content (AvgIpc) is 3.09. The van der Waals surface area contributed by atoms with Gasteiger partial charge in [-0.25, -0.2) is 4.98 Å². The minimum absolute atomic E-state index is 0.470. The van der Waals surface area contributed by atoms with E-state index in [1.807, 2.05) is 0 Å². The number of imidazole rings is 1. The van der Waals surface area contributed by atoms with Crippen LogP contribution in [0.4, 0.5) is 0 Å². The molecule has 0 atom stereocenters. The predicted octanol–water partition coefficient (Wildman–Crippen LogP) is 4.09. The van der Waals surface area contributed by atoms with Crippen LogP contribution in [-0.4, -0.2) is 28.1 Å². The Kier molecular flexibility index (Phi) is 4.81. The first-order chi connectivity index (χ1) is 10.3. The minimum atomic E-state index is 0.470. The van der Waals surface area contributed by atoms with Gasteiger partial charge in [0.15, 0.2) is 0 Å². The van der Waals surface area contributed by atoms with E-state index in [0.29, 0.717) is 12.0 Å². The molecule has 3 nitrogen and oxygen atoms in total. The monoisotopic (exact) mass is 306 g/mol. The molecule has 0 bridgehead atoms. The standard InChI is InChI=1S/C17H23ClN2O/c1-13-5-4-8-15-17(13)19-16(9-10-18)20(15)11-12-21-14-6-2-3-7-14/h4-5,8,14H,2-3,6-7,9-12H2,1H3. The van der Waals surface area contributed by atoms with Crippen molar-refractivity contribution < 1.29 is 4.74 Å². The van der Waals surface area contributed by atoms with E-state index in [-0.39, 0.29) is 0 Å². The van der Waals surface area contributed by atoms with Crippen LogP contribution in [0.5, 0.6) is 0 Å². The second-order valence-electron chi connectivity index (χ2n) is 5.84. The third kappa shape index (κ3) is 3.24. The Bertz CT molecular complexity index is 602. The maximum Gasteiger partial charge on any atom is 0.111 e. The van der Waals surface area contributed by atoms with E-state index < -0.39 is 0 Å². The summed E-state index contributed by atoms with van der Waals surface area (Å²) in [6, 6.07) is 6.35. The Balaban J connectivity index is 1.78. The van der Waals surface area contributed by atoms with E-state index in [0.717, 1.165) is 30.9 Å². The summed E-state index contributed by atoms with van der Waals surface area (Å²) in [7, 11) is 0. The van der Waals surface area contributed by atoms with E-state index in [9.17, 15) is 0 Å². The van der Waals surface area contributed by atoms with Crippen LogP contribution in [0.3, 0.4) is 0 Å². The number of para-hydroxylation sites is 1. The third-order valence-electron chi connectivity index (χ3n) is 4.35. The molecule has 1 aliphatic carbocycles. The first-order valence-electron chi connectivity index (χ1n) is 7.92. The Morgan fingerprint density at radius 1 is 1.33 bits per heavy atom. The van der Waals surface area contributed by atoms with Gasteiger partial charge >= 0.3 is 0 Å². The second-order valence-corrected chi connectivity index (χ2v) is 6.22. The maximum absolute atomic E-state index is 6.01. The molecule has 4 heteroatoms. The number of ether oxygens (including phenoxy) is 1. The highest BCUT2D eigenvalue weighted by molar-refractivity contribution is 6.17. The molecule has 1 saturated carbocycles. The number of aryl methyl sites for hydroxylation is 2. The van der Waals surface area contributed by atoms with Gasteiger partial charge < -0.3 is 9.30 Å². The van der Waals surface area contributed by atoms with Gasteiger partial charge in [-0.05, 0) is 31.4 Å². The molecule has 1 aromatic heterocycles. The zero-order chi connectivity index (χ0) is 14.7. The number of hydrogen-bond acceptors (Lipinski definition) is 2. The quantitative estimate of drug-likeness (QED) is 0.752. The van der Waals surface area contributed by atoms with Crippen molar-refractivity contribution in [3.05, 3.63) is 29.6 Å². The second kappa shape index (κ2) is 6.80.